The first-order valence-electron chi connectivity index (χ1n) is 9.26. The Kier molecular flexibility index (Phi) is 5.04. The monoisotopic (exact) mass is 389 g/mol. The molecule has 0 saturated heterocycles. The lowest BCUT2D eigenvalue weighted by Crippen LogP contribution is -2.29. The second-order valence-electron chi connectivity index (χ2n) is 6.87. The highest BCUT2D eigenvalue weighted by Gasteiger charge is 2.40. The van der Waals surface area contributed by atoms with E-state index < -0.39 is 11.9 Å². The van der Waals surface area contributed by atoms with Crippen molar-refractivity contribution in [2.45, 2.75) is 12.6 Å². The normalized spacial score (nSPS) is 16.4. The molecular weight excluding hydrogens is 369 g/mol. The molecule has 3 aromatic rings. The number of methoxy groups -OCH3 is 1. The van der Waals surface area contributed by atoms with E-state index in [-0.39, 0.29) is 18.1 Å². The molecule has 1 N–H and O–H groups in total. The van der Waals surface area contributed by atoms with Crippen molar-refractivity contribution in [3.05, 3.63) is 107 Å². The molecule has 0 unspecified atom stereocenters. The van der Waals surface area contributed by atoms with E-state index in [1.54, 1.807) is 24.1 Å². The number of halogens is 1. The predicted octanol–water partition coefficient (Wildman–Crippen LogP) is 4.89. The van der Waals surface area contributed by atoms with Crippen molar-refractivity contribution >= 4 is 11.5 Å². The largest absolute Gasteiger partial charge is 0.503 e. The number of hydrogen-bond donors (Lipinski definition) is 1. The molecule has 3 aromatic carbocycles. The van der Waals surface area contributed by atoms with Crippen molar-refractivity contribution in [3.63, 3.8) is 0 Å². The first-order chi connectivity index (χ1) is 14.1. The quantitative estimate of drug-likeness (QED) is 0.676. The molecule has 0 fully saturated rings. The van der Waals surface area contributed by atoms with Crippen LogP contribution in [-0.2, 0) is 11.3 Å². The van der Waals surface area contributed by atoms with E-state index in [2.05, 4.69) is 0 Å². The van der Waals surface area contributed by atoms with E-state index >= 15 is 0 Å². The van der Waals surface area contributed by atoms with Gasteiger partial charge in [-0.3, -0.25) is 4.79 Å². The topological polar surface area (TPSA) is 49.8 Å². The number of amides is 1. The van der Waals surface area contributed by atoms with Crippen LogP contribution in [0.4, 0.5) is 4.39 Å². The third-order valence-corrected chi connectivity index (χ3v) is 5.06. The Morgan fingerprint density at radius 2 is 1.72 bits per heavy atom. The zero-order valence-electron chi connectivity index (χ0n) is 15.9. The number of rotatable bonds is 5. The van der Waals surface area contributed by atoms with Crippen molar-refractivity contribution in [2.75, 3.05) is 7.11 Å². The van der Waals surface area contributed by atoms with Crippen LogP contribution in [0.5, 0.6) is 5.75 Å². The minimum absolute atomic E-state index is 0.276. The van der Waals surface area contributed by atoms with Crippen LogP contribution in [-0.4, -0.2) is 23.0 Å². The van der Waals surface area contributed by atoms with Crippen LogP contribution >= 0.6 is 0 Å². The molecule has 0 spiro atoms. The molecule has 1 amide bonds. The molecule has 5 heteroatoms. The lowest BCUT2D eigenvalue weighted by Gasteiger charge is -2.27. The van der Waals surface area contributed by atoms with Crippen LogP contribution in [0.3, 0.4) is 0 Å². The number of aliphatic hydroxyl groups excluding tert-OH is 1. The van der Waals surface area contributed by atoms with Gasteiger partial charge in [-0.2, -0.15) is 0 Å². The lowest BCUT2D eigenvalue weighted by atomic mass is 9.93. The van der Waals surface area contributed by atoms with Crippen molar-refractivity contribution in [3.8, 4) is 5.75 Å². The summed E-state index contributed by atoms with van der Waals surface area (Å²) in [6.07, 6.45) is 0. The zero-order chi connectivity index (χ0) is 20.4. The Morgan fingerprint density at radius 3 is 2.41 bits per heavy atom. The fourth-order valence-corrected chi connectivity index (χ4v) is 3.69. The van der Waals surface area contributed by atoms with Gasteiger partial charge in [0.25, 0.3) is 5.91 Å². The van der Waals surface area contributed by atoms with Gasteiger partial charge in [-0.05, 0) is 41.0 Å². The van der Waals surface area contributed by atoms with Gasteiger partial charge in [0.05, 0.1) is 13.2 Å². The highest BCUT2D eigenvalue weighted by Crippen LogP contribution is 2.43. The van der Waals surface area contributed by atoms with E-state index in [4.69, 9.17) is 4.74 Å². The Morgan fingerprint density at radius 1 is 1.00 bits per heavy atom. The van der Waals surface area contributed by atoms with Crippen molar-refractivity contribution in [2.24, 2.45) is 0 Å². The van der Waals surface area contributed by atoms with Gasteiger partial charge in [0, 0.05) is 12.1 Å². The Balaban J connectivity index is 1.79. The maximum absolute atomic E-state index is 13.5. The van der Waals surface area contributed by atoms with Crippen molar-refractivity contribution < 1.29 is 19.0 Å². The van der Waals surface area contributed by atoms with E-state index in [0.717, 1.165) is 16.7 Å². The van der Waals surface area contributed by atoms with Crippen LogP contribution in [0.2, 0.25) is 0 Å². The molecular formula is C24H20FNO3. The van der Waals surface area contributed by atoms with Crippen LogP contribution in [0.1, 0.15) is 22.7 Å². The summed E-state index contributed by atoms with van der Waals surface area (Å²) in [5.41, 5.74) is 2.86. The number of aliphatic hydroxyl groups is 1. The first kappa shape index (κ1) is 18.7. The van der Waals surface area contributed by atoms with Gasteiger partial charge in [-0.1, -0.05) is 54.6 Å². The molecule has 4 nitrogen and oxygen atoms in total. The highest BCUT2D eigenvalue weighted by molar-refractivity contribution is 6.05. The zero-order valence-corrected chi connectivity index (χ0v) is 15.9. The average Bonchev–Trinajstić information content (AvgIpc) is 3.00. The van der Waals surface area contributed by atoms with Crippen molar-refractivity contribution in [1.82, 2.24) is 4.90 Å². The Labute approximate surface area is 168 Å². The van der Waals surface area contributed by atoms with Crippen LogP contribution in [0.15, 0.2) is 84.6 Å². The molecule has 1 atom stereocenters. The van der Waals surface area contributed by atoms with E-state index in [9.17, 15) is 14.3 Å². The number of carbonyl (C=O) groups excluding carboxylic acids is 1. The van der Waals surface area contributed by atoms with Crippen LogP contribution < -0.4 is 4.74 Å². The van der Waals surface area contributed by atoms with Crippen LogP contribution in [0, 0.1) is 5.82 Å². The number of nitrogens with zero attached hydrogens (tertiary/aromatic N) is 1. The van der Waals surface area contributed by atoms with Gasteiger partial charge in [0.15, 0.2) is 5.76 Å². The smallest absolute Gasteiger partial charge is 0.290 e. The number of benzene rings is 3. The summed E-state index contributed by atoms with van der Waals surface area (Å²) in [6, 6.07) is 22.2. The van der Waals surface area contributed by atoms with E-state index in [1.807, 2.05) is 54.6 Å². The second kappa shape index (κ2) is 7.80. The predicted molar refractivity (Wildman–Crippen MR) is 109 cm³/mol. The summed E-state index contributed by atoms with van der Waals surface area (Å²) in [5.74, 6) is -0.408. The van der Waals surface area contributed by atoms with Crippen LogP contribution in [0.25, 0.3) is 5.57 Å². The lowest BCUT2D eigenvalue weighted by molar-refractivity contribution is -0.130. The molecule has 1 aliphatic heterocycles. The number of hydrogen-bond acceptors (Lipinski definition) is 3. The van der Waals surface area contributed by atoms with E-state index in [1.165, 1.54) is 12.1 Å². The summed E-state index contributed by atoms with van der Waals surface area (Å²) in [6.45, 7) is 0.276. The van der Waals surface area contributed by atoms with Gasteiger partial charge in [0.1, 0.15) is 11.6 Å². The van der Waals surface area contributed by atoms with Gasteiger partial charge >= 0.3 is 0 Å². The summed E-state index contributed by atoms with van der Waals surface area (Å²) in [7, 11) is 1.59. The maximum atomic E-state index is 13.5. The highest BCUT2D eigenvalue weighted by atomic mass is 19.1. The number of carbonyl (C=O) groups is 1. The molecule has 1 aliphatic rings. The molecule has 4 rings (SSSR count). The summed E-state index contributed by atoms with van der Waals surface area (Å²) in [5, 5.41) is 10.7. The molecule has 1 heterocycles. The summed E-state index contributed by atoms with van der Waals surface area (Å²) < 4.78 is 18.8. The fraction of sp³-hybridized carbons (Fsp3) is 0.125. The molecule has 0 radical (unpaired) electrons. The third kappa shape index (κ3) is 3.59. The summed E-state index contributed by atoms with van der Waals surface area (Å²) in [4.78, 5) is 14.6. The third-order valence-electron chi connectivity index (χ3n) is 5.06. The second-order valence-corrected chi connectivity index (χ2v) is 6.87. The first-order valence-corrected chi connectivity index (χ1v) is 9.26. The van der Waals surface area contributed by atoms with Gasteiger partial charge in [-0.15, -0.1) is 0 Å². The number of ether oxygens (including phenoxy) is 1. The molecule has 0 saturated carbocycles. The Bertz CT molecular complexity index is 1060. The molecule has 0 aromatic heterocycles. The maximum Gasteiger partial charge on any atom is 0.290 e. The molecule has 29 heavy (non-hydrogen) atoms. The van der Waals surface area contributed by atoms with Crippen molar-refractivity contribution in [1.29, 1.82) is 0 Å². The molecule has 0 bridgehead atoms. The Hall–Kier alpha value is -3.60. The van der Waals surface area contributed by atoms with Gasteiger partial charge < -0.3 is 14.7 Å². The fourth-order valence-electron chi connectivity index (χ4n) is 3.69. The van der Waals surface area contributed by atoms with E-state index in [0.29, 0.717) is 11.3 Å². The van der Waals surface area contributed by atoms with Gasteiger partial charge in [0.2, 0.25) is 0 Å². The summed E-state index contributed by atoms with van der Waals surface area (Å²) >= 11 is 0. The minimum Gasteiger partial charge on any atom is -0.503 e. The average molecular weight is 389 g/mol. The SMILES string of the molecule is COc1cccc(CN2C(=O)C(O)=C(c3ccccc3)[C@@H]2c2ccc(F)cc2)c1. The minimum atomic E-state index is -0.531. The molecule has 0 aliphatic carbocycles. The molecule has 146 valence electrons. The standard InChI is InChI=1S/C24H20FNO3/c1-29-20-9-5-6-16(14-20)15-26-22(18-10-12-19(25)13-11-18)21(23(27)24(26)28)17-7-3-2-4-8-17/h2-14,22,27H,15H2,1H3/t22-/m0/s1. The van der Waals surface area contributed by atoms with Gasteiger partial charge in [-0.25, -0.2) is 4.39 Å².